The van der Waals surface area contributed by atoms with Gasteiger partial charge in [0, 0.05) is 18.2 Å². The van der Waals surface area contributed by atoms with Crippen LogP contribution in [-0.2, 0) is 11.2 Å². The zero-order valence-electron chi connectivity index (χ0n) is 15.1. The Morgan fingerprint density at radius 3 is 3.08 bits per heavy atom. The van der Waals surface area contributed by atoms with Gasteiger partial charge in [-0.1, -0.05) is 6.07 Å². The Kier molecular flexibility index (Phi) is 7.00. The Labute approximate surface area is 152 Å². The van der Waals surface area contributed by atoms with Crippen LogP contribution in [0.15, 0.2) is 24.3 Å². The van der Waals surface area contributed by atoms with Gasteiger partial charge < -0.3 is 21.1 Å². The maximum absolute atomic E-state index is 12.1. The van der Waals surface area contributed by atoms with Crippen LogP contribution in [0, 0.1) is 11.3 Å². The number of rotatable bonds is 9. The number of ether oxygens (including phenoxy) is 1. The SMILES string of the molecule is COc1cccc(NC(=O)C[C@@H](C)[NH2+]CCCc2[nH]nc(N)c2C#N)c1. The van der Waals surface area contributed by atoms with Crippen molar-refractivity contribution in [3.05, 3.63) is 35.5 Å². The second-order valence-electron chi connectivity index (χ2n) is 6.16. The number of nitrogen functional groups attached to an aromatic ring is 1. The first-order valence-corrected chi connectivity index (χ1v) is 8.53. The van der Waals surface area contributed by atoms with Gasteiger partial charge in [-0.25, -0.2) is 0 Å². The number of nitrogens with two attached hydrogens (primary N) is 2. The van der Waals surface area contributed by atoms with Crippen molar-refractivity contribution in [2.45, 2.75) is 32.2 Å². The number of amides is 1. The van der Waals surface area contributed by atoms with Crippen LogP contribution < -0.4 is 21.1 Å². The van der Waals surface area contributed by atoms with Crippen molar-refractivity contribution in [3.8, 4) is 11.8 Å². The number of quaternary nitrogens is 1. The number of nitrogens with zero attached hydrogens (tertiary/aromatic N) is 2. The fourth-order valence-electron chi connectivity index (χ4n) is 2.67. The number of aromatic nitrogens is 2. The molecule has 8 nitrogen and oxygen atoms in total. The number of hydrogen-bond acceptors (Lipinski definition) is 5. The van der Waals surface area contributed by atoms with Crippen LogP contribution in [-0.4, -0.2) is 35.8 Å². The number of anilines is 2. The van der Waals surface area contributed by atoms with Gasteiger partial charge in [-0.3, -0.25) is 9.89 Å². The fourth-order valence-corrected chi connectivity index (χ4v) is 2.67. The number of carbonyl (C=O) groups is 1. The number of H-pyrrole nitrogens is 1. The van der Waals surface area contributed by atoms with Gasteiger partial charge >= 0.3 is 0 Å². The summed E-state index contributed by atoms with van der Waals surface area (Å²) < 4.78 is 5.15. The highest BCUT2D eigenvalue weighted by atomic mass is 16.5. The fraction of sp³-hybridized carbons (Fsp3) is 0.389. The predicted molar refractivity (Wildman–Crippen MR) is 98.5 cm³/mol. The number of hydrogen-bond donors (Lipinski definition) is 4. The molecule has 0 saturated carbocycles. The van der Waals surface area contributed by atoms with E-state index in [0.29, 0.717) is 24.2 Å². The molecule has 0 aliphatic carbocycles. The maximum Gasteiger partial charge on any atom is 0.230 e. The molecule has 0 fully saturated rings. The molecule has 0 spiro atoms. The van der Waals surface area contributed by atoms with E-state index in [1.807, 2.05) is 25.1 Å². The van der Waals surface area contributed by atoms with Gasteiger partial charge in [-0.05, 0) is 25.5 Å². The predicted octanol–water partition coefficient (Wildman–Crippen LogP) is 0.785. The highest BCUT2D eigenvalue weighted by Crippen LogP contribution is 2.16. The molecule has 1 heterocycles. The summed E-state index contributed by atoms with van der Waals surface area (Å²) in [7, 11) is 1.59. The number of carbonyl (C=O) groups excluding carboxylic acids is 1. The highest BCUT2D eigenvalue weighted by molar-refractivity contribution is 5.91. The zero-order chi connectivity index (χ0) is 18.9. The van der Waals surface area contributed by atoms with E-state index in [1.165, 1.54) is 0 Å². The van der Waals surface area contributed by atoms with Crippen LogP contribution >= 0.6 is 0 Å². The molecule has 0 saturated heterocycles. The third kappa shape index (κ3) is 5.50. The van der Waals surface area contributed by atoms with E-state index >= 15 is 0 Å². The zero-order valence-corrected chi connectivity index (χ0v) is 15.1. The molecular weight excluding hydrogens is 332 g/mol. The van der Waals surface area contributed by atoms with Crippen molar-refractivity contribution >= 4 is 17.4 Å². The van der Waals surface area contributed by atoms with Crippen LogP contribution in [0.5, 0.6) is 5.75 Å². The molecule has 26 heavy (non-hydrogen) atoms. The first kappa shape index (κ1) is 19.3. The second-order valence-corrected chi connectivity index (χ2v) is 6.16. The molecule has 0 aliphatic heterocycles. The van der Waals surface area contributed by atoms with E-state index in [4.69, 9.17) is 15.7 Å². The summed E-state index contributed by atoms with van der Waals surface area (Å²) in [5, 5.41) is 20.7. The van der Waals surface area contributed by atoms with Gasteiger partial charge in [-0.2, -0.15) is 10.4 Å². The molecule has 1 atom stereocenters. The van der Waals surface area contributed by atoms with E-state index < -0.39 is 0 Å². The van der Waals surface area contributed by atoms with Crippen molar-refractivity contribution in [3.63, 3.8) is 0 Å². The lowest BCUT2D eigenvalue weighted by Crippen LogP contribution is -2.89. The molecular formula is C18H25N6O2+. The molecule has 8 heteroatoms. The van der Waals surface area contributed by atoms with Crippen molar-refractivity contribution in [1.82, 2.24) is 10.2 Å². The minimum atomic E-state index is -0.0323. The summed E-state index contributed by atoms with van der Waals surface area (Å²) in [6.45, 7) is 2.86. The van der Waals surface area contributed by atoms with Crippen LogP contribution in [0.1, 0.15) is 31.0 Å². The van der Waals surface area contributed by atoms with Crippen molar-refractivity contribution < 1.29 is 14.8 Å². The number of nitrogens with one attached hydrogen (secondary N) is 2. The number of benzene rings is 1. The van der Waals surface area contributed by atoms with Crippen molar-refractivity contribution in [2.75, 3.05) is 24.7 Å². The van der Waals surface area contributed by atoms with Crippen LogP contribution in [0.25, 0.3) is 0 Å². The number of nitriles is 1. The lowest BCUT2D eigenvalue weighted by Gasteiger charge is -2.11. The van der Waals surface area contributed by atoms with Gasteiger partial charge in [0.1, 0.15) is 17.4 Å². The van der Waals surface area contributed by atoms with Crippen LogP contribution in [0.3, 0.4) is 0 Å². The van der Waals surface area contributed by atoms with Gasteiger partial charge in [-0.15, -0.1) is 0 Å². The molecule has 1 amide bonds. The number of aromatic amines is 1. The average molecular weight is 357 g/mol. The Balaban J connectivity index is 1.70. The molecule has 6 N–H and O–H groups in total. The standard InChI is InChI=1S/C18H24N6O2/c1-12(9-17(25)22-13-5-3-6-14(10-13)26-2)21-8-4-7-16-15(11-19)18(20)24-23-16/h3,5-6,10,12,21H,4,7-9H2,1-2H3,(H,22,25)(H3,20,23,24)/p+1/t12-/m1/s1. The topological polar surface area (TPSA) is 133 Å². The Morgan fingerprint density at radius 1 is 1.54 bits per heavy atom. The lowest BCUT2D eigenvalue weighted by atomic mass is 10.1. The summed E-state index contributed by atoms with van der Waals surface area (Å²) in [6, 6.07) is 9.50. The second kappa shape index (κ2) is 9.44. The van der Waals surface area contributed by atoms with Gasteiger partial charge in [0.05, 0.1) is 31.8 Å². The molecule has 138 valence electrons. The quantitative estimate of drug-likeness (QED) is 0.492. The maximum atomic E-state index is 12.1. The molecule has 0 unspecified atom stereocenters. The molecule has 0 aliphatic rings. The molecule has 1 aromatic heterocycles. The summed E-state index contributed by atoms with van der Waals surface area (Å²) in [4.78, 5) is 12.1. The molecule has 2 rings (SSSR count). The summed E-state index contributed by atoms with van der Waals surface area (Å²) >= 11 is 0. The summed E-state index contributed by atoms with van der Waals surface area (Å²) in [5.74, 6) is 0.919. The smallest absolute Gasteiger partial charge is 0.230 e. The molecule has 2 aromatic rings. The Hall–Kier alpha value is -3.05. The normalized spacial score (nSPS) is 11.6. The van der Waals surface area contributed by atoms with Gasteiger partial charge in [0.15, 0.2) is 5.82 Å². The van der Waals surface area contributed by atoms with Crippen LogP contribution in [0.4, 0.5) is 11.5 Å². The molecule has 0 bridgehead atoms. The van der Waals surface area contributed by atoms with Gasteiger partial charge in [0.2, 0.25) is 5.91 Å². The minimum Gasteiger partial charge on any atom is -0.497 e. The first-order valence-electron chi connectivity index (χ1n) is 8.53. The Bertz CT molecular complexity index is 780. The number of methoxy groups -OCH3 is 1. The van der Waals surface area contributed by atoms with E-state index in [-0.39, 0.29) is 17.8 Å². The summed E-state index contributed by atoms with van der Waals surface area (Å²) in [6.07, 6.45) is 1.97. The average Bonchev–Trinajstić information content (AvgIpc) is 2.98. The third-order valence-electron chi connectivity index (χ3n) is 4.04. The van der Waals surface area contributed by atoms with E-state index in [1.54, 1.807) is 13.2 Å². The van der Waals surface area contributed by atoms with Crippen molar-refractivity contribution in [1.29, 1.82) is 5.26 Å². The van der Waals surface area contributed by atoms with E-state index in [2.05, 4.69) is 26.9 Å². The van der Waals surface area contributed by atoms with Gasteiger partial charge in [0.25, 0.3) is 0 Å². The lowest BCUT2D eigenvalue weighted by molar-refractivity contribution is -0.685. The first-order chi connectivity index (χ1) is 12.5. The van der Waals surface area contributed by atoms with Crippen molar-refractivity contribution in [2.24, 2.45) is 0 Å². The Morgan fingerprint density at radius 2 is 2.35 bits per heavy atom. The number of aryl methyl sites for hydroxylation is 1. The highest BCUT2D eigenvalue weighted by Gasteiger charge is 2.13. The van der Waals surface area contributed by atoms with E-state index in [9.17, 15) is 4.79 Å². The molecule has 0 radical (unpaired) electrons. The third-order valence-corrected chi connectivity index (χ3v) is 4.04. The summed E-state index contributed by atoms with van der Waals surface area (Å²) in [5.41, 5.74) is 7.53. The van der Waals surface area contributed by atoms with Crippen LogP contribution in [0.2, 0.25) is 0 Å². The van der Waals surface area contributed by atoms with E-state index in [0.717, 1.165) is 24.3 Å². The monoisotopic (exact) mass is 357 g/mol. The molecule has 1 aromatic carbocycles. The minimum absolute atomic E-state index is 0.0323. The largest absolute Gasteiger partial charge is 0.497 e.